The van der Waals surface area contributed by atoms with Gasteiger partial charge in [0.2, 0.25) is 11.1 Å². The van der Waals surface area contributed by atoms with Gasteiger partial charge in [-0.15, -0.1) is 5.10 Å². The van der Waals surface area contributed by atoms with Crippen LogP contribution in [-0.4, -0.2) is 45.1 Å². The second kappa shape index (κ2) is 6.65. The Morgan fingerprint density at radius 3 is 2.95 bits per heavy atom. The van der Waals surface area contributed by atoms with E-state index in [1.54, 1.807) is 25.2 Å². The molecule has 3 rings (SSSR count). The van der Waals surface area contributed by atoms with Crippen LogP contribution in [0.1, 0.15) is 6.42 Å². The van der Waals surface area contributed by atoms with Crippen LogP contribution in [-0.2, 0) is 11.8 Å². The van der Waals surface area contributed by atoms with E-state index in [-0.39, 0.29) is 11.7 Å². The lowest BCUT2D eigenvalue weighted by molar-refractivity contribution is -0.113. The molecule has 22 heavy (non-hydrogen) atoms. The molecule has 0 unspecified atom stereocenters. The highest BCUT2D eigenvalue weighted by molar-refractivity contribution is 7.99. The van der Waals surface area contributed by atoms with E-state index in [9.17, 15) is 4.79 Å². The summed E-state index contributed by atoms with van der Waals surface area (Å²) in [4.78, 5) is 12.0. The van der Waals surface area contributed by atoms with Crippen molar-refractivity contribution in [1.29, 1.82) is 0 Å². The van der Waals surface area contributed by atoms with Gasteiger partial charge in [-0.3, -0.25) is 4.79 Å². The Labute approximate surface area is 131 Å². The molecule has 0 saturated heterocycles. The summed E-state index contributed by atoms with van der Waals surface area (Å²) in [6, 6.07) is 5.36. The molecule has 0 bridgehead atoms. The van der Waals surface area contributed by atoms with Crippen LogP contribution < -0.4 is 14.8 Å². The summed E-state index contributed by atoms with van der Waals surface area (Å²) < 4.78 is 12.7. The fourth-order valence-electron chi connectivity index (χ4n) is 1.91. The molecule has 1 aliphatic rings. The topological polar surface area (TPSA) is 91.2 Å². The molecule has 0 saturated carbocycles. The van der Waals surface area contributed by atoms with Gasteiger partial charge in [0.25, 0.3) is 0 Å². The Bertz CT molecular complexity index is 675. The van der Waals surface area contributed by atoms with Gasteiger partial charge in [0.1, 0.15) is 0 Å². The third kappa shape index (κ3) is 3.48. The van der Waals surface area contributed by atoms with Crippen molar-refractivity contribution in [3.05, 3.63) is 18.2 Å². The molecule has 0 aliphatic carbocycles. The van der Waals surface area contributed by atoms with Crippen molar-refractivity contribution in [2.45, 2.75) is 11.6 Å². The van der Waals surface area contributed by atoms with E-state index in [0.29, 0.717) is 35.6 Å². The number of nitrogens with one attached hydrogen (secondary N) is 1. The first-order chi connectivity index (χ1) is 10.7. The molecule has 1 aromatic carbocycles. The molecule has 1 aromatic heterocycles. The number of rotatable bonds is 4. The second-order valence-electron chi connectivity index (χ2n) is 4.63. The van der Waals surface area contributed by atoms with E-state index in [2.05, 4.69) is 20.8 Å². The molecule has 1 amide bonds. The number of ether oxygens (including phenoxy) is 2. The van der Waals surface area contributed by atoms with Gasteiger partial charge in [-0.05, 0) is 22.6 Å². The van der Waals surface area contributed by atoms with Crippen LogP contribution in [0.5, 0.6) is 11.5 Å². The number of amides is 1. The quantitative estimate of drug-likeness (QED) is 0.843. The Hall–Kier alpha value is -2.29. The Balaban J connectivity index is 1.59. The van der Waals surface area contributed by atoms with Crippen LogP contribution >= 0.6 is 11.8 Å². The Morgan fingerprint density at radius 2 is 2.18 bits per heavy atom. The minimum Gasteiger partial charge on any atom is -0.490 e. The van der Waals surface area contributed by atoms with Crippen LogP contribution in [0.15, 0.2) is 23.4 Å². The van der Waals surface area contributed by atoms with Crippen molar-refractivity contribution in [3.63, 3.8) is 0 Å². The highest BCUT2D eigenvalue weighted by Gasteiger charge is 2.12. The number of hydrogen-bond donors (Lipinski definition) is 1. The summed E-state index contributed by atoms with van der Waals surface area (Å²) >= 11 is 1.27. The standard InChI is InChI=1S/C13H15N5O3S/c1-18-13(15-16-17-18)22-8-12(19)14-9-3-4-10-11(7-9)21-6-2-5-20-10/h3-4,7H,2,5-6,8H2,1H3,(H,14,19). The van der Waals surface area contributed by atoms with E-state index in [1.165, 1.54) is 16.4 Å². The molecule has 1 aliphatic heterocycles. The summed E-state index contributed by atoms with van der Waals surface area (Å²) in [6.45, 7) is 1.25. The minimum absolute atomic E-state index is 0.137. The first-order valence-corrected chi connectivity index (χ1v) is 7.75. The van der Waals surface area contributed by atoms with Gasteiger partial charge in [-0.1, -0.05) is 11.8 Å². The summed E-state index contributed by atoms with van der Waals surface area (Å²) in [7, 11) is 1.73. The van der Waals surface area contributed by atoms with Crippen LogP contribution in [0.3, 0.4) is 0 Å². The average Bonchev–Trinajstić information content (AvgIpc) is 2.78. The van der Waals surface area contributed by atoms with Gasteiger partial charge in [0, 0.05) is 25.2 Å². The molecule has 2 heterocycles. The highest BCUT2D eigenvalue weighted by atomic mass is 32.2. The third-order valence-corrected chi connectivity index (χ3v) is 3.96. The van der Waals surface area contributed by atoms with Crippen LogP contribution in [0, 0.1) is 0 Å². The van der Waals surface area contributed by atoms with Crippen molar-refractivity contribution in [3.8, 4) is 11.5 Å². The van der Waals surface area contributed by atoms with Gasteiger partial charge in [0.05, 0.1) is 19.0 Å². The van der Waals surface area contributed by atoms with E-state index < -0.39 is 0 Å². The lowest BCUT2D eigenvalue weighted by atomic mass is 10.2. The zero-order valence-electron chi connectivity index (χ0n) is 12.0. The number of fused-ring (bicyclic) bond motifs is 1. The number of thioether (sulfide) groups is 1. The van der Waals surface area contributed by atoms with Crippen molar-refractivity contribution >= 4 is 23.4 Å². The smallest absolute Gasteiger partial charge is 0.234 e. The van der Waals surface area contributed by atoms with Crippen LogP contribution in [0.4, 0.5) is 5.69 Å². The number of tetrazole rings is 1. The molecular weight excluding hydrogens is 306 g/mol. The fraction of sp³-hybridized carbons (Fsp3) is 0.385. The Kier molecular flexibility index (Phi) is 4.42. The SMILES string of the molecule is Cn1nnnc1SCC(=O)Nc1ccc2c(c1)OCCCO2. The highest BCUT2D eigenvalue weighted by Crippen LogP contribution is 2.32. The molecule has 2 aromatic rings. The predicted molar refractivity (Wildman–Crippen MR) is 80.2 cm³/mol. The molecule has 116 valence electrons. The average molecular weight is 321 g/mol. The molecule has 9 heteroatoms. The fourth-order valence-corrected chi connectivity index (χ4v) is 2.56. The number of carbonyl (C=O) groups is 1. The molecular formula is C13H15N5O3S. The summed E-state index contributed by atoms with van der Waals surface area (Å²) in [5.74, 6) is 1.45. The summed E-state index contributed by atoms with van der Waals surface area (Å²) in [5, 5.41) is 14.5. The van der Waals surface area contributed by atoms with Gasteiger partial charge in [-0.25, -0.2) is 4.68 Å². The van der Waals surface area contributed by atoms with Crippen LogP contribution in [0.25, 0.3) is 0 Å². The lowest BCUT2D eigenvalue weighted by Gasteiger charge is -2.10. The van der Waals surface area contributed by atoms with Crippen molar-refractivity contribution in [1.82, 2.24) is 20.2 Å². The monoisotopic (exact) mass is 321 g/mol. The molecule has 0 radical (unpaired) electrons. The number of nitrogens with zero attached hydrogens (tertiary/aromatic N) is 4. The van der Waals surface area contributed by atoms with Gasteiger partial charge >= 0.3 is 0 Å². The molecule has 0 spiro atoms. The van der Waals surface area contributed by atoms with E-state index >= 15 is 0 Å². The zero-order chi connectivity index (χ0) is 15.4. The molecule has 8 nitrogen and oxygen atoms in total. The number of aryl methyl sites for hydroxylation is 1. The van der Waals surface area contributed by atoms with Crippen molar-refractivity contribution in [2.75, 3.05) is 24.3 Å². The lowest BCUT2D eigenvalue weighted by Crippen LogP contribution is -2.14. The number of aromatic nitrogens is 4. The first kappa shape index (κ1) is 14.6. The summed E-state index contributed by atoms with van der Waals surface area (Å²) in [6.07, 6.45) is 0.846. The largest absolute Gasteiger partial charge is 0.490 e. The molecule has 1 N–H and O–H groups in total. The molecule has 0 atom stereocenters. The Morgan fingerprint density at radius 1 is 1.36 bits per heavy atom. The second-order valence-corrected chi connectivity index (χ2v) is 5.58. The van der Waals surface area contributed by atoms with E-state index in [4.69, 9.17) is 9.47 Å². The number of anilines is 1. The third-order valence-electron chi connectivity index (χ3n) is 2.94. The van der Waals surface area contributed by atoms with E-state index in [1.807, 2.05) is 0 Å². The van der Waals surface area contributed by atoms with E-state index in [0.717, 1.165) is 6.42 Å². The number of hydrogen-bond acceptors (Lipinski definition) is 7. The van der Waals surface area contributed by atoms with Crippen LogP contribution in [0.2, 0.25) is 0 Å². The summed E-state index contributed by atoms with van der Waals surface area (Å²) in [5.41, 5.74) is 0.672. The maximum absolute atomic E-state index is 12.0. The minimum atomic E-state index is -0.137. The maximum atomic E-state index is 12.0. The predicted octanol–water partition coefficient (Wildman–Crippen LogP) is 1.10. The van der Waals surface area contributed by atoms with Gasteiger partial charge < -0.3 is 14.8 Å². The van der Waals surface area contributed by atoms with Gasteiger partial charge in [-0.2, -0.15) is 0 Å². The zero-order valence-corrected chi connectivity index (χ0v) is 12.8. The van der Waals surface area contributed by atoms with Crippen molar-refractivity contribution < 1.29 is 14.3 Å². The first-order valence-electron chi connectivity index (χ1n) is 6.77. The number of benzene rings is 1. The maximum Gasteiger partial charge on any atom is 0.234 e. The van der Waals surface area contributed by atoms with Gasteiger partial charge in [0.15, 0.2) is 11.5 Å². The van der Waals surface area contributed by atoms with Crippen molar-refractivity contribution in [2.24, 2.45) is 7.05 Å². The normalized spacial score (nSPS) is 13.5. The number of carbonyl (C=O) groups excluding carboxylic acids is 1. The molecule has 0 fully saturated rings.